The van der Waals surface area contributed by atoms with E-state index in [0.29, 0.717) is 5.69 Å². The third-order valence-corrected chi connectivity index (χ3v) is 3.99. The summed E-state index contributed by atoms with van der Waals surface area (Å²) in [5.41, 5.74) is 5.68. The molecule has 0 spiro atoms. The fraction of sp³-hybridized carbons (Fsp3) is 0.250. The molecule has 0 aliphatic carbocycles. The first-order valence-corrected chi connectivity index (χ1v) is 7.93. The zero-order valence-corrected chi connectivity index (χ0v) is 14.0. The standard InChI is InChI=1S/C20H22N2O/c1-13(2)22-19(17-7-5-6-15(4)12-17)20(23)18(21-22)16-10-8-14(3)9-11-16/h5-13,23H,1-4H3. The summed E-state index contributed by atoms with van der Waals surface area (Å²) in [5, 5.41) is 15.5. The van der Waals surface area contributed by atoms with Gasteiger partial charge in [0.2, 0.25) is 0 Å². The van der Waals surface area contributed by atoms with Crippen molar-refractivity contribution in [3.05, 3.63) is 59.7 Å². The second kappa shape index (κ2) is 5.92. The molecule has 3 aromatic rings. The van der Waals surface area contributed by atoms with Gasteiger partial charge in [0, 0.05) is 17.2 Å². The molecule has 0 atom stereocenters. The van der Waals surface area contributed by atoms with Crippen LogP contribution in [0.25, 0.3) is 22.5 Å². The van der Waals surface area contributed by atoms with Gasteiger partial charge in [-0.3, -0.25) is 4.68 Å². The van der Waals surface area contributed by atoms with Gasteiger partial charge in [0.25, 0.3) is 0 Å². The first-order valence-electron chi connectivity index (χ1n) is 7.93. The lowest BCUT2D eigenvalue weighted by Crippen LogP contribution is -2.05. The van der Waals surface area contributed by atoms with Crippen molar-refractivity contribution < 1.29 is 5.11 Å². The summed E-state index contributed by atoms with van der Waals surface area (Å²) in [5.74, 6) is 0.244. The highest BCUT2D eigenvalue weighted by molar-refractivity contribution is 5.78. The Bertz CT molecular complexity index is 829. The second-order valence-corrected chi connectivity index (χ2v) is 6.32. The average Bonchev–Trinajstić information content (AvgIpc) is 2.86. The van der Waals surface area contributed by atoms with Crippen molar-refractivity contribution in [2.45, 2.75) is 33.7 Å². The number of aromatic nitrogens is 2. The van der Waals surface area contributed by atoms with Crippen LogP contribution >= 0.6 is 0 Å². The third-order valence-electron chi connectivity index (χ3n) is 3.99. The summed E-state index contributed by atoms with van der Waals surface area (Å²) < 4.78 is 1.90. The van der Waals surface area contributed by atoms with Crippen LogP contribution in [-0.4, -0.2) is 14.9 Å². The molecule has 0 aliphatic rings. The number of hydrogen-bond acceptors (Lipinski definition) is 2. The molecule has 1 N–H and O–H groups in total. The minimum atomic E-state index is 0.163. The van der Waals surface area contributed by atoms with Gasteiger partial charge in [0.15, 0.2) is 5.75 Å². The molecule has 0 fully saturated rings. The Balaban J connectivity index is 2.21. The smallest absolute Gasteiger partial charge is 0.169 e. The van der Waals surface area contributed by atoms with Crippen LogP contribution in [0.5, 0.6) is 5.75 Å². The molecule has 118 valence electrons. The summed E-state index contributed by atoms with van der Waals surface area (Å²) in [7, 11) is 0. The number of hydrogen-bond donors (Lipinski definition) is 1. The maximum atomic E-state index is 10.8. The Labute approximate surface area is 137 Å². The van der Waals surface area contributed by atoms with Gasteiger partial charge in [0.05, 0.1) is 0 Å². The Morgan fingerprint density at radius 1 is 0.913 bits per heavy atom. The first kappa shape index (κ1) is 15.3. The largest absolute Gasteiger partial charge is 0.504 e. The number of nitrogens with zero attached hydrogens (tertiary/aromatic N) is 2. The lowest BCUT2D eigenvalue weighted by atomic mass is 10.0. The number of aryl methyl sites for hydroxylation is 2. The van der Waals surface area contributed by atoms with Gasteiger partial charge in [-0.15, -0.1) is 0 Å². The van der Waals surface area contributed by atoms with Gasteiger partial charge < -0.3 is 5.11 Å². The monoisotopic (exact) mass is 306 g/mol. The first-order chi connectivity index (χ1) is 11.0. The Kier molecular flexibility index (Phi) is 3.95. The fourth-order valence-electron chi connectivity index (χ4n) is 2.77. The summed E-state index contributed by atoms with van der Waals surface area (Å²) in [6, 6.07) is 16.4. The van der Waals surface area contributed by atoms with E-state index in [1.54, 1.807) is 0 Å². The molecule has 3 heteroatoms. The predicted octanol–water partition coefficient (Wildman–Crippen LogP) is 5.12. The molecule has 0 unspecified atom stereocenters. The second-order valence-electron chi connectivity index (χ2n) is 6.32. The minimum Gasteiger partial charge on any atom is -0.504 e. The van der Waals surface area contributed by atoms with E-state index >= 15 is 0 Å². The molecule has 0 aliphatic heterocycles. The van der Waals surface area contributed by atoms with Crippen molar-refractivity contribution in [1.82, 2.24) is 9.78 Å². The van der Waals surface area contributed by atoms with E-state index in [-0.39, 0.29) is 11.8 Å². The molecule has 0 radical (unpaired) electrons. The van der Waals surface area contributed by atoms with E-state index < -0.39 is 0 Å². The lowest BCUT2D eigenvalue weighted by molar-refractivity contribution is 0.475. The molecule has 1 aromatic heterocycles. The molecule has 0 amide bonds. The van der Waals surface area contributed by atoms with E-state index in [2.05, 4.69) is 44.9 Å². The topological polar surface area (TPSA) is 38.0 Å². The molecule has 3 nitrogen and oxygen atoms in total. The summed E-state index contributed by atoms with van der Waals surface area (Å²) in [6.07, 6.45) is 0. The molecule has 0 bridgehead atoms. The SMILES string of the molecule is Cc1ccc(-c2nn(C(C)C)c(-c3cccc(C)c3)c2O)cc1. The number of aromatic hydroxyl groups is 1. The normalized spacial score (nSPS) is 11.2. The van der Waals surface area contributed by atoms with Crippen LogP contribution < -0.4 is 0 Å². The van der Waals surface area contributed by atoms with Crippen molar-refractivity contribution in [1.29, 1.82) is 0 Å². The van der Waals surface area contributed by atoms with E-state index in [1.165, 1.54) is 5.56 Å². The zero-order chi connectivity index (χ0) is 16.6. The highest BCUT2D eigenvalue weighted by Gasteiger charge is 2.21. The maximum absolute atomic E-state index is 10.8. The van der Waals surface area contributed by atoms with Gasteiger partial charge >= 0.3 is 0 Å². The van der Waals surface area contributed by atoms with Gasteiger partial charge in [-0.05, 0) is 33.8 Å². The van der Waals surface area contributed by atoms with Gasteiger partial charge in [-0.1, -0.05) is 53.6 Å². The van der Waals surface area contributed by atoms with Gasteiger partial charge in [-0.2, -0.15) is 5.10 Å². The molecule has 2 aromatic carbocycles. The van der Waals surface area contributed by atoms with Crippen molar-refractivity contribution in [2.75, 3.05) is 0 Å². The van der Waals surface area contributed by atoms with Crippen molar-refractivity contribution in [3.8, 4) is 28.3 Å². The average molecular weight is 306 g/mol. The fourth-order valence-corrected chi connectivity index (χ4v) is 2.77. The van der Waals surface area contributed by atoms with Gasteiger partial charge in [-0.25, -0.2) is 0 Å². The van der Waals surface area contributed by atoms with E-state index in [9.17, 15) is 5.11 Å². The van der Waals surface area contributed by atoms with Crippen LogP contribution in [0.1, 0.15) is 31.0 Å². The molecule has 23 heavy (non-hydrogen) atoms. The van der Waals surface area contributed by atoms with Crippen molar-refractivity contribution >= 4 is 0 Å². The summed E-state index contributed by atoms with van der Waals surface area (Å²) in [6.45, 7) is 8.25. The Hall–Kier alpha value is -2.55. The maximum Gasteiger partial charge on any atom is 0.169 e. The molecular weight excluding hydrogens is 284 g/mol. The van der Waals surface area contributed by atoms with E-state index in [4.69, 9.17) is 0 Å². The van der Waals surface area contributed by atoms with E-state index in [0.717, 1.165) is 22.4 Å². The minimum absolute atomic E-state index is 0.163. The zero-order valence-electron chi connectivity index (χ0n) is 14.0. The highest BCUT2D eigenvalue weighted by atomic mass is 16.3. The van der Waals surface area contributed by atoms with Crippen LogP contribution in [-0.2, 0) is 0 Å². The highest BCUT2D eigenvalue weighted by Crippen LogP contribution is 2.39. The summed E-state index contributed by atoms with van der Waals surface area (Å²) in [4.78, 5) is 0. The Morgan fingerprint density at radius 3 is 2.22 bits per heavy atom. The number of rotatable bonds is 3. The predicted molar refractivity (Wildman–Crippen MR) is 94.6 cm³/mol. The van der Waals surface area contributed by atoms with Crippen molar-refractivity contribution in [2.24, 2.45) is 0 Å². The third kappa shape index (κ3) is 2.87. The van der Waals surface area contributed by atoms with Crippen LogP contribution in [0.4, 0.5) is 0 Å². The van der Waals surface area contributed by atoms with E-state index in [1.807, 2.05) is 41.1 Å². The van der Waals surface area contributed by atoms with Crippen LogP contribution in [0, 0.1) is 13.8 Å². The van der Waals surface area contributed by atoms with Crippen molar-refractivity contribution in [3.63, 3.8) is 0 Å². The van der Waals surface area contributed by atoms with Crippen LogP contribution in [0.3, 0.4) is 0 Å². The Morgan fingerprint density at radius 2 is 1.61 bits per heavy atom. The molecule has 1 heterocycles. The van der Waals surface area contributed by atoms with Crippen LogP contribution in [0.2, 0.25) is 0 Å². The lowest BCUT2D eigenvalue weighted by Gasteiger charge is -2.11. The molecule has 0 saturated heterocycles. The number of benzene rings is 2. The quantitative estimate of drug-likeness (QED) is 0.729. The van der Waals surface area contributed by atoms with Gasteiger partial charge in [0.1, 0.15) is 11.4 Å². The summed E-state index contributed by atoms with van der Waals surface area (Å²) >= 11 is 0. The van der Waals surface area contributed by atoms with Crippen LogP contribution in [0.15, 0.2) is 48.5 Å². The molecule has 3 rings (SSSR count). The molecular formula is C20H22N2O. The molecule has 0 saturated carbocycles.